The second-order valence-electron chi connectivity index (χ2n) is 4.19. The van der Waals surface area contributed by atoms with Crippen molar-refractivity contribution in [3.8, 4) is 11.6 Å². The molecular weight excluding hydrogens is 242 g/mol. The van der Waals surface area contributed by atoms with Gasteiger partial charge in [-0.2, -0.15) is 0 Å². The third-order valence-electron chi connectivity index (χ3n) is 2.74. The normalized spacial score (nSPS) is 10.4. The van der Waals surface area contributed by atoms with Crippen molar-refractivity contribution < 1.29 is 9.84 Å². The molecule has 0 fully saturated rings. The Kier molecular flexibility index (Phi) is 4.30. The molecule has 0 aliphatic rings. The first kappa shape index (κ1) is 13.3. The Labute approximate surface area is 112 Å². The maximum absolute atomic E-state index is 9.69. The second kappa shape index (κ2) is 6.15. The molecule has 0 amide bonds. The fourth-order valence-electron chi connectivity index (χ4n) is 1.79. The van der Waals surface area contributed by atoms with Crippen LogP contribution in [0.15, 0.2) is 30.5 Å². The molecule has 0 saturated heterocycles. The molecule has 2 heterocycles. The number of aromatic nitrogens is 2. The summed E-state index contributed by atoms with van der Waals surface area (Å²) in [7, 11) is 1.60. The van der Waals surface area contributed by atoms with Crippen molar-refractivity contribution in [3.05, 3.63) is 47.4 Å². The van der Waals surface area contributed by atoms with E-state index in [2.05, 4.69) is 15.3 Å². The number of aryl methyl sites for hydroxylation is 1. The van der Waals surface area contributed by atoms with Gasteiger partial charge in [-0.15, -0.1) is 0 Å². The molecule has 0 saturated carbocycles. The number of hydrogen-bond acceptors (Lipinski definition) is 5. The molecular formula is C14H17N3O2. The summed E-state index contributed by atoms with van der Waals surface area (Å²) in [5.74, 6) is 0.813. The summed E-state index contributed by atoms with van der Waals surface area (Å²) in [5.41, 5.74) is 2.49. The minimum Gasteiger partial charge on any atom is -0.506 e. The highest BCUT2D eigenvalue weighted by atomic mass is 16.5. The highest BCUT2D eigenvalue weighted by Gasteiger charge is 2.05. The Morgan fingerprint density at radius 1 is 1.26 bits per heavy atom. The van der Waals surface area contributed by atoms with Crippen molar-refractivity contribution in [2.45, 2.75) is 20.0 Å². The van der Waals surface area contributed by atoms with Crippen LogP contribution >= 0.6 is 0 Å². The van der Waals surface area contributed by atoms with Crippen LogP contribution in [-0.2, 0) is 13.1 Å². The van der Waals surface area contributed by atoms with E-state index in [1.165, 1.54) is 0 Å². The minimum absolute atomic E-state index is 0.205. The van der Waals surface area contributed by atoms with Crippen molar-refractivity contribution in [1.29, 1.82) is 0 Å². The molecule has 0 unspecified atom stereocenters. The highest BCUT2D eigenvalue weighted by Crippen LogP contribution is 2.16. The summed E-state index contributed by atoms with van der Waals surface area (Å²) in [6, 6.07) is 7.25. The molecule has 19 heavy (non-hydrogen) atoms. The molecule has 0 bridgehead atoms. The van der Waals surface area contributed by atoms with E-state index in [1.807, 2.05) is 19.1 Å². The number of pyridine rings is 2. The zero-order valence-corrected chi connectivity index (χ0v) is 11.1. The maximum atomic E-state index is 9.69. The van der Waals surface area contributed by atoms with Crippen LogP contribution in [0.2, 0.25) is 0 Å². The van der Waals surface area contributed by atoms with Gasteiger partial charge in [0.05, 0.1) is 12.8 Å². The Morgan fingerprint density at radius 2 is 2.11 bits per heavy atom. The topological polar surface area (TPSA) is 67.3 Å². The fraction of sp³-hybridized carbons (Fsp3) is 0.286. The zero-order chi connectivity index (χ0) is 13.7. The number of nitrogens with zero attached hydrogens (tertiary/aromatic N) is 2. The molecule has 2 aromatic rings. The van der Waals surface area contributed by atoms with Crippen LogP contribution < -0.4 is 10.1 Å². The number of ether oxygens (including phenoxy) is 1. The van der Waals surface area contributed by atoms with E-state index < -0.39 is 0 Å². The highest BCUT2D eigenvalue weighted by molar-refractivity contribution is 5.28. The van der Waals surface area contributed by atoms with Gasteiger partial charge in [0.25, 0.3) is 0 Å². The lowest BCUT2D eigenvalue weighted by atomic mass is 10.2. The van der Waals surface area contributed by atoms with Gasteiger partial charge >= 0.3 is 0 Å². The van der Waals surface area contributed by atoms with Gasteiger partial charge in [0.1, 0.15) is 5.75 Å². The molecule has 0 atom stereocenters. The number of nitrogens with one attached hydrogen (secondary N) is 1. The first-order chi connectivity index (χ1) is 9.20. The SMILES string of the molecule is COc1ncccc1CNCc1nc(C)ccc1O. The summed E-state index contributed by atoms with van der Waals surface area (Å²) in [4.78, 5) is 8.41. The standard InChI is InChI=1S/C14H17N3O2/c1-10-5-6-13(18)12(17-10)9-15-8-11-4-3-7-16-14(11)19-2/h3-7,15,18H,8-9H2,1-2H3. The van der Waals surface area contributed by atoms with Crippen LogP contribution in [0.25, 0.3) is 0 Å². The lowest BCUT2D eigenvalue weighted by Gasteiger charge is -2.09. The quantitative estimate of drug-likeness (QED) is 0.857. The van der Waals surface area contributed by atoms with Crippen LogP contribution in [0, 0.1) is 6.92 Å². The van der Waals surface area contributed by atoms with Gasteiger partial charge in [-0.05, 0) is 25.1 Å². The van der Waals surface area contributed by atoms with Crippen LogP contribution in [0.1, 0.15) is 17.0 Å². The molecule has 0 aliphatic heterocycles. The van der Waals surface area contributed by atoms with E-state index in [0.717, 1.165) is 11.3 Å². The van der Waals surface area contributed by atoms with E-state index in [9.17, 15) is 5.11 Å². The third-order valence-corrected chi connectivity index (χ3v) is 2.74. The largest absolute Gasteiger partial charge is 0.506 e. The molecule has 0 aromatic carbocycles. The van der Waals surface area contributed by atoms with E-state index in [4.69, 9.17) is 4.74 Å². The molecule has 2 rings (SSSR count). The molecule has 5 heteroatoms. The maximum Gasteiger partial charge on any atom is 0.217 e. The Morgan fingerprint density at radius 3 is 2.89 bits per heavy atom. The molecule has 0 aliphatic carbocycles. The average molecular weight is 259 g/mol. The van der Waals surface area contributed by atoms with Gasteiger partial charge < -0.3 is 15.2 Å². The monoisotopic (exact) mass is 259 g/mol. The van der Waals surface area contributed by atoms with Crippen LogP contribution in [0.4, 0.5) is 0 Å². The van der Waals surface area contributed by atoms with E-state index in [0.29, 0.717) is 24.7 Å². The first-order valence-electron chi connectivity index (χ1n) is 6.05. The first-order valence-corrected chi connectivity index (χ1v) is 6.05. The molecule has 0 radical (unpaired) electrons. The van der Waals surface area contributed by atoms with Crippen molar-refractivity contribution in [1.82, 2.24) is 15.3 Å². The second-order valence-corrected chi connectivity index (χ2v) is 4.19. The molecule has 5 nitrogen and oxygen atoms in total. The summed E-state index contributed by atoms with van der Waals surface area (Å²) in [5, 5.41) is 12.9. The molecule has 2 N–H and O–H groups in total. The summed E-state index contributed by atoms with van der Waals surface area (Å²) in [6.45, 7) is 2.99. The third kappa shape index (κ3) is 3.42. The number of aromatic hydroxyl groups is 1. The summed E-state index contributed by atoms with van der Waals surface area (Å²) >= 11 is 0. The molecule has 2 aromatic heterocycles. The number of rotatable bonds is 5. The summed E-state index contributed by atoms with van der Waals surface area (Å²) in [6.07, 6.45) is 1.69. The van der Waals surface area contributed by atoms with Crippen molar-refractivity contribution >= 4 is 0 Å². The predicted octanol–water partition coefficient (Wildman–Crippen LogP) is 1.79. The lowest BCUT2D eigenvalue weighted by Crippen LogP contribution is -2.15. The van der Waals surface area contributed by atoms with Crippen LogP contribution in [0.3, 0.4) is 0 Å². The Balaban J connectivity index is 1.98. The predicted molar refractivity (Wildman–Crippen MR) is 72.0 cm³/mol. The van der Waals surface area contributed by atoms with E-state index in [-0.39, 0.29) is 5.75 Å². The summed E-state index contributed by atoms with van der Waals surface area (Å²) < 4.78 is 5.17. The smallest absolute Gasteiger partial charge is 0.217 e. The van der Waals surface area contributed by atoms with Gasteiger partial charge in [0.2, 0.25) is 5.88 Å². The lowest BCUT2D eigenvalue weighted by molar-refractivity contribution is 0.390. The van der Waals surface area contributed by atoms with Crippen molar-refractivity contribution in [2.24, 2.45) is 0 Å². The number of methoxy groups -OCH3 is 1. The van der Waals surface area contributed by atoms with Gasteiger partial charge in [-0.25, -0.2) is 4.98 Å². The van der Waals surface area contributed by atoms with Crippen molar-refractivity contribution in [2.75, 3.05) is 7.11 Å². The average Bonchev–Trinajstić information content (AvgIpc) is 2.43. The van der Waals surface area contributed by atoms with Gasteiger partial charge in [-0.1, -0.05) is 6.07 Å². The minimum atomic E-state index is 0.205. The number of hydrogen-bond donors (Lipinski definition) is 2. The van der Waals surface area contributed by atoms with Crippen LogP contribution in [-0.4, -0.2) is 22.2 Å². The molecule has 0 spiro atoms. The van der Waals surface area contributed by atoms with E-state index in [1.54, 1.807) is 25.4 Å². The van der Waals surface area contributed by atoms with Crippen molar-refractivity contribution in [3.63, 3.8) is 0 Å². The molecule has 100 valence electrons. The fourth-order valence-corrected chi connectivity index (χ4v) is 1.79. The van der Waals surface area contributed by atoms with Crippen LogP contribution in [0.5, 0.6) is 11.6 Å². The van der Waals surface area contributed by atoms with Gasteiger partial charge in [-0.3, -0.25) is 4.98 Å². The Bertz CT molecular complexity index is 558. The Hall–Kier alpha value is -2.14. The van der Waals surface area contributed by atoms with Gasteiger partial charge in [0.15, 0.2) is 0 Å². The zero-order valence-electron chi connectivity index (χ0n) is 11.1. The van der Waals surface area contributed by atoms with Gasteiger partial charge in [0, 0.05) is 30.5 Å². The van der Waals surface area contributed by atoms with E-state index >= 15 is 0 Å².